The van der Waals surface area contributed by atoms with E-state index < -0.39 is 109 Å². The van der Waals surface area contributed by atoms with Crippen LogP contribution < -0.4 is 21.3 Å². The number of hydrogen-bond acceptors (Lipinski definition) is 8. The number of hydrogen-bond donors (Lipinski definition) is 7. The van der Waals surface area contributed by atoms with Gasteiger partial charge in [0.25, 0.3) is 0 Å². The van der Waals surface area contributed by atoms with Gasteiger partial charge in [0.05, 0.1) is 24.8 Å². The van der Waals surface area contributed by atoms with E-state index in [1.54, 1.807) is 0 Å². The number of ketones is 1. The van der Waals surface area contributed by atoms with Crippen LogP contribution in [0.15, 0.2) is 0 Å². The number of rotatable bonds is 17. The summed E-state index contributed by atoms with van der Waals surface area (Å²) in [6.07, 6.45) is -2.63. The molecule has 37 heavy (non-hydrogen) atoms. The van der Waals surface area contributed by atoms with Gasteiger partial charge in [0, 0.05) is 13.3 Å². The van der Waals surface area contributed by atoms with E-state index in [1.165, 1.54) is 13.8 Å². The number of amides is 4. The van der Waals surface area contributed by atoms with Gasteiger partial charge in [-0.25, -0.2) is 0 Å². The first-order chi connectivity index (χ1) is 17.1. The van der Waals surface area contributed by atoms with Crippen LogP contribution in [0.2, 0.25) is 0 Å². The van der Waals surface area contributed by atoms with Crippen LogP contribution in [0.4, 0.5) is 0 Å². The lowest BCUT2D eigenvalue weighted by molar-refractivity contribution is -0.142. The highest BCUT2D eigenvalue weighted by Gasteiger charge is 2.33. The molecule has 0 fully saturated rings. The van der Waals surface area contributed by atoms with E-state index in [1.807, 2.05) is 0 Å². The van der Waals surface area contributed by atoms with Crippen LogP contribution in [-0.4, -0.2) is 92.7 Å². The van der Waals surface area contributed by atoms with Gasteiger partial charge in [-0.1, -0.05) is 13.8 Å². The first-order valence-corrected chi connectivity index (χ1v) is 11.5. The summed E-state index contributed by atoms with van der Waals surface area (Å²) < 4.78 is 0. The second kappa shape index (κ2) is 16.1. The number of carbonyl (C=O) groups is 8. The van der Waals surface area contributed by atoms with Crippen molar-refractivity contribution in [3.63, 3.8) is 0 Å². The first-order valence-electron chi connectivity index (χ1n) is 11.0. The highest BCUT2D eigenvalue weighted by Crippen LogP contribution is 2.08. The van der Waals surface area contributed by atoms with Crippen LogP contribution in [-0.2, 0) is 38.4 Å². The molecule has 0 radical (unpaired) electrons. The fourth-order valence-corrected chi connectivity index (χ4v) is 3.19. The Balaban J connectivity index is 5.79. The lowest BCUT2D eigenvalue weighted by Crippen LogP contribution is -2.59. The predicted octanol–water partition coefficient (Wildman–Crippen LogP) is -1.78. The van der Waals surface area contributed by atoms with Crippen LogP contribution >= 0.6 is 11.6 Å². The number of carboxylic acid groups (broad SMARTS) is 3. The molecule has 0 aromatic carbocycles. The van der Waals surface area contributed by atoms with E-state index in [9.17, 15) is 38.4 Å². The third-order valence-electron chi connectivity index (χ3n) is 4.82. The van der Waals surface area contributed by atoms with Crippen molar-refractivity contribution in [1.29, 1.82) is 0 Å². The maximum atomic E-state index is 12.9. The monoisotopic (exact) mass is 550 g/mol. The van der Waals surface area contributed by atoms with E-state index in [0.29, 0.717) is 0 Å². The molecule has 0 spiro atoms. The van der Waals surface area contributed by atoms with Crippen molar-refractivity contribution in [2.45, 2.75) is 70.6 Å². The quantitative estimate of drug-likeness (QED) is 0.0997. The molecule has 4 unspecified atom stereocenters. The zero-order chi connectivity index (χ0) is 28.9. The van der Waals surface area contributed by atoms with Gasteiger partial charge in [0.15, 0.2) is 5.78 Å². The molecule has 7 N–H and O–H groups in total. The number of carbonyl (C=O) groups excluding carboxylic acids is 5. The van der Waals surface area contributed by atoms with Crippen LogP contribution in [0.3, 0.4) is 0 Å². The van der Waals surface area contributed by atoms with E-state index >= 15 is 0 Å². The van der Waals surface area contributed by atoms with Crippen LogP contribution in [0.25, 0.3) is 0 Å². The predicted molar refractivity (Wildman–Crippen MR) is 125 cm³/mol. The SMILES string of the molecule is CC(=O)NC(CC(=O)O)C(=O)NC(CCC(=O)O)C(=O)NC(C(=O)NC(CC(=O)O)C(=O)CCl)C(C)C. The molecule has 0 saturated heterocycles. The Labute approximate surface area is 216 Å². The lowest BCUT2D eigenvalue weighted by atomic mass is 10.0. The van der Waals surface area contributed by atoms with Gasteiger partial charge in [-0.05, 0) is 12.3 Å². The van der Waals surface area contributed by atoms with Crippen molar-refractivity contribution in [2.24, 2.45) is 5.92 Å². The molecule has 0 saturated carbocycles. The van der Waals surface area contributed by atoms with Gasteiger partial charge in [-0.3, -0.25) is 38.4 Å². The summed E-state index contributed by atoms with van der Waals surface area (Å²) in [7, 11) is 0. The Morgan fingerprint density at radius 2 is 1.16 bits per heavy atom. The van der Waals surface area contributed by atoms with Gasteiger partial charge < -0.3 is 36.6 Å². The minimum absolute atomic E-state index is 0.453. The molecule has 0 aliphatic rings. The smallest absolute Gasteiger partial charge is 0.305 e. The second-order valence-corrected chi connectivity index (χ2v) is 8.60. The molecule has 0 heterocycles. The Hall–Kier alpha value is -3.75. The van der Waals surface area contributed by atoms with Crippen molar-refractivity contribution in [3.8, 4) is 0 Å². The van der Waals surface area contributed by atoms with Gasteiger partial charge >= 0.3 is 17.9 Å². The number of Topliss-reactive ketones (excluding diaryl/α,β-unsaturated/α-hetero) is 1. The average molecular weight is 551 g/mol. The second-order valence-electron chi connectivity index (χ2n) is 8.33. The summed E-state index contributed by atoms with van der Waals surface area (Å²) >= 11 is 5.46. The molecule has 4 amide bonds. The summed E-state index contributed by atoms with van der Waals surface area (Å²) in [6.45, 7) is 4.07. The molecule has 0 aliphatic heterocycles. The Bertz CT molecular complexity index is 893. The van der Waals surface area contributed by atoms with E-state index in [2.05, 4.69) is 21.3 Å². The number of carboxylic acids is 3. The van der Waals surface area contributed by atoms with Crippen molar-refractivity contribution in [1.82, 2.24) is 21.3 Å². The van der Waals surface area contributed by atoms with Crippen molar-refractivity contribution in [2.75, 3.05) is 5.88 Å². The zero-order valence-corrected chi connectivity index (χ0v) is 21.2. The van der Waals surface area contributed by atoms with Crippen LogP contribution in [0.1, 0.15) is 46.5 Å². The molecule has 4 atom stereocenters. The molecule has 16 heteroatoms. The van der Waals surface area contributed by atoms with E-state index in [4.69, 9.17) is 26.9 Å². The highest BCUT2D eigenvalue weighted by molar-refractivity contribution is 6.28. The van der Waals surface area contributed by atoms with Crippen molar-refractivity contribution < 1.29 is 53.7 Å². The van der Waals surface area contributed by atoms with E-state index in [0.717, 1.165) is 6.92 Å². The minimum atomic E-state index is -1.57. The number of halogens is 1. The van der Waals surface area contributed by atoms with E-state index in [-0.39, 0.29) is 0 Å². The van der Waals surface area contributed by atoms with Crippen molar-refractivity contribution in [3.05, 3.63) is 0 Å². The molecule has 0 aromatic rings. The van der Waals surface area contributed by atoms with Crippen LogP contribution in [0, 0.1) is 5.92 Å². The summed E-state index contributed by atoms with van der Waals surface area (Å²) in [5.41, 5.74) is 0. The molecule has 0 rings (SSSR count). The summed E-state index contributed by atoms with van der Waals surface area (Å²) in [6, 6.07) is -5.95. The topological polar surface area (TPSA) is 245 Å². The first kappa shape index (κ1) is 33.2. The average Bonchev–Trinajstić information content (AvgIpc) is 2.76. The van der Waals surface area contributed by atoms with Crippen molar-refractivity contribution >= 4 is 58.9 Å². The number of aliphatic carboxylic acids is 3. The third kappa shape index (κ3) is 13.2. The lowest BCUT2D eigenvalue weighted by Gasteiger charge is -2.27. The van der Waals surface area contributed by atoms with Gasteiger partial charge in [-0.15, -0.1) is 11.6 Å². The Morgan fingerprint density at radius 1 is 0.676 bits per heavy atom. The maximum absolute atomic E-state index is 12.9. The summed E-state index contributed by atoms with van der Waals surface area (Å²) in [5, 5.41) is 35.8. The normalized spacial score (nSPS) is 13.9. The molecular formula is C21H31ClN4O11. The minimum Gasteiger partial charge on any atom is -0.481 e. The molecule has 0 bridgehead atoms. The molecule has 208 valence electrons. The zero-order valence-electron chi connectivity index (χ0n) is 20.4. The Morgan fingerprint density at radius 3 is 1.59 bits per heavy atom. The van der Waals surface area contributed by atoms with Gasteiger partial charge in [-0.2, -0.15) is 0 Å². The summed E-state index contributed by atoms with van der Waals surface area (Å²) in [4.78, 5) is 94.7. The number of alkyl halides is 1. The standard InChI is InChI=1S/C21H31ClN4O11/c1-9(2)18(21(37)25-12(6-16(31)32)14(28)8-22)26-19(35)11(4-5-15(29)30)24-20(36)13(7-17(33)34)23-10(3)27/h9,11-13,18H,4-8H2,1-3H3,(H,23,27)(H,24,36)(H,25,37)(H,26,35)(H,29,30)(H,31,32)(H,33,34). The Kier molecular flexibility index (Phi) is 14.5. The van der Waals surface area contributed by atoms with Gasteiger partial charge in [0.2, 0.25) is 23.6 Å². The molecular weight excluding hydrogens is 520 g/mol. The fourth-order valence-electron chi connectivity index (χ4n) is 3.00. The molecule has 0 aliphatic carbocycles. The molecule has 15 nitrogen and oxygen atoms in total. The highest BCUT2D eigenvalue weighted by atomic mass is 35.5. The summed E-state index contributed by atoms with van der Waals surface area (Å²) in [5.74, 6) is -9.86. The largest absolute Gasteiger partial charge is 0.481 e. The fraction of sp³-hybridized carbons (Fsp3) is 0.619. The third-order valence-corrected chi connectivity index (χ3v) is 5.08. The maximum Gasteiger partial charge on any atom is 0.305 e. The van der Waals surface area contributed by atoms with Gasteiger partial charge in [0.1, 0.15) is 18.1 Å². The van der Waals surface area contributed by atoms with Crippen LogP contribution in [0.5, 0.6) is 0 Å². The molecule has 0 aromatic heterocycles. The number of nitrogens with one attached hydrogen (secondary N) is 4.